The van der Waals surface area contributed by atoms with Crippen LogP contribution in [-0.2, 0) is 11.4 Å². The Balaban J connectivity index is 1.85. The third-order valence-electron chi connectivity index (χ3n) is 2.46. The van der Waals surface area contributed by atoms with Gasteiger partial charge in [0.15, 0.2) is 0 Å². The van der Waals surface area contributed by atoms with E-state index in [1.807, 2.05) is 36.4 Å². The van der Waals surface area contributed by atoms with E-state index in [2.05, 4.69) is 27.2 Å². The summed E-state index contributed by atoms with van der Waals surface area (Å²) in [7, 11) is 0. The van der Waals surface area contributed by atoms with Crippen LogP contribution in [0.2, 0.25) is 0 Å². The molecule has 0 aliphatic heterocycles. The summed E-state index contributed by atoms with van der Waals surface area (Å²) < 4.78 is 1.03. The van der Waals surface area contributed by atoms with Crippen LogP contribution in [0.15, 0.2) is 58.2 Å². The Kier molecular flexibility index (Phi) is 4.71. The number of rotatable bonds is 4. The summed E-state index contributed by atoms with van der Waals surface area (Å²) in [6.45, 7) is 0.388. The second-order valence-electron chi connectivity index (χ2n) is 3.87. The number of nitrogens with zero attached hydrogens (tertiary/aromatic N) is 2. The first-order valence-corrected chi connectivity index (χ1v) is 6.47. The van der Waals surface area contributed by atoms with Crippen molar-refractivity contribution in [3.05, 3.63) is 69.7 Å². The fourth-order valence-electron chi connectivity index (χ4n) is 1.43. The smallest absolute Gasteiger partial charge is 0.142 e. The molecule has 4 heteroatoms. The molecule has 2 rings (SSSR count). The minimum absolute atomic E-state index is 0.388. The van der Waals surface area contributed by atoms with Gasteiger partial charge >= 0.3 is 0 Å². The van der Waals surface area contributed by atoms with E-state index in [4.69, 9.17) is 10.1 Å². The minimum atomic E-state index is 0.388. The Morgan fingerprint density at radius 1 is 1.11 bits per heavy atom. The Labute approximate surface area is 120 Å². The lowest BCUT2D eigenvalue weighted by Crippen LogP contribution is -1.88. The van der Waals surface area contributed by atoms with Gasteiger partial charge in [-0.05, 0) is 35.4 Å². The molecule has 2 aromatic carbocycles. The highest BCUT2D eigenvalue weighted by atomic mass is 79.9. The first kappa shape index (κ1) is 13.3. The molecular formula is C15H11BrN2O. The highest BCUT2D eigenvalue weighted by Crippen LogP contribution is 2.09. The number of halogens is 1. The Morgan fingerprint density at radius 3 is 2.42 bits per heavy atom. The van der Waals surface area contributed by atoms with E-state index in [1.165, 1.54) is 0 Å². The summed E-state index contributed by atoms with van der Waals surface area (Å²) in [5.41, 5.74) is 2.59. The van der Waals surface area contributed by atoms with Crippen molar-refractivity contribution in [3.8, 4) is 6.07 Å². The molecule has 0 N–H and O–H groups in total. The van der Waals surface area contributed by atoms with Crippen molar-refractivity contribution < 1.29 is 4.84 Å². The van der Waals surface area contributed by atoms with Crippen molar-refractivity contribution in [3.63, 3.8) is 0 Å². The molecule has 19 heavy (non-hydrogen) atoms. The van der Waals surface area contributed by atoms with Gasteiger partial charge in [0.2, 0.25) is 0 Å². The molecule has 0 bridgehead atoms. The van der Waals surface area contributed by atoms with Crippen molar-refractivity contribution >= 4 is 22.1 Å². The van der Waals surface area contributed by atoms with E-state index in [1.54, 1.807) is 18.3 Å². The van der Waals surface area contributed by atoms with Gasteiger partial charge in [0.05, 0.1) is 17.8 Å². The summed E-state index contributed by atoms with van der Waals surface area (Å²) in [5.74, 6) is 0. The Morgan fingerprint density at radius 2 is 1.79 bits per heavy atom. The second-order valence-corrected chi connectivity index (χ2v) is 4.78. The molecule has 3 nitrogen and oxygen atoms in total. The van der Waals surface area contributed by atoms with Crippen LogP contribution in [0, 0.1) is 11.3 Å². The van der Waals surface area contributed by atoms with Crippen LogP contribution in [0.3, 0.4) is 0 Å². The van der Waals surface area contributed by atoms with Crippen LogP contribution in [-0.4, -0.2) is 6.21 Å². The number of hydrogen-bond acceptors (Lipinski definition) is 3. The summed E-state index contributed by atoms with van der Waals surface area (Å²) in [4.78, 5) is 5.20. The minimum Gasteiger partial charge on any atom is -0.391 e. The highest BCUT2D eigenvalue weighted by molar-refractivity contribution is 9.10. The number of oxime groups is 1. The van der Waals surface area contributed by atoms with Gasteiger partial charge < -0.3 is 4.84 Å². The van der Waals surface area contributed by atoms with Crippen LogP contribution in [0.5, 0.6) is 0 Å². The average molecular weight is 315 g/mol. The molecule has 0 unspecified atom stereocenters. The van der Waals surface area contributed by atoms with Gasteiger partial charge in [0, 0.05) is 4.47 Å². The lowest BCUT2D eigenvalue weighted by molar-refractivity contribution is 0.132. The summed E-state index contributed by atoms with van der Waals surface area (Å²) >= 11 is 3.37. The molecule has 0 spiro atoms. The quantitative estimate of drug-likeness (QED) is 0.635. The van der Waals surface area contributed by atoms with Crippen LogP contribution in [0.25, 0.3) is 0 Å². The van der Waals surface area contributed by atoms with Crippen molar-refractivity contribution in [1.82, 2.24) is 0 Å². The third kappa shape index (κ3) is 4.23. The monoisotopic (exact) mass is 314 g/mol. The van der Waals surface area contributed by atoms with Gasteiger partial charge in [-0.25, -0.2) is 0 Å². The van der Waals surface area contributed by atoms with Gasteiger partial charge in [0.1, 0.15) is 6.61 Å². The fraction of sp³-hybridized carbons (Fsp3) is 0.0667. The zero-order valence-electron chi connectivity index (χ0n) is 10.1. The van der Waals surface area contributed by atoms with Crippen molar-refractivity contribution in [1.29, 1.82) is 5.26 Å². The molecule has 0 aliphatic rings. The molecule has 0 aromatic heterocycles. The van der Waals surface area contributed by atoms with Gasteiger partial charge in [-0.3, -0.25) is 0 Å². The molecule has 2 aromatic rings. The molecule has 0 saturated carbocycles. The van der Waals surface area contributed by atoms with Gasteiger partial charge in [-0.2, -0.15) is 5.26 Å². The molecule has 0 saturated heterocycles. The molecule has 0 atom stereocenters. The molecule has 0 amide bonds. The van der Waals surface area contributed by atoms with Crippen LogP contribution >= 0.6 is 15.9 Å². The summed E-state index contributed by atoms with van der Waals surface area (Å²) in [6.07, 6.45) is 1.66. The van der Waals surface area contributed by atoms with E-state index in [0.717, 1.165) is 15.6 Å². The van der Waals surface area contributed by atoms with Gasteiger partial charge in [-0.15, -0.1) is 0 Å². The van der Waals surface area contributed by atoms with Crippen LogP contribution in [0.1, 0.15) is 16.7 Å². The van der Waals surface area contributed by atoms with Crippen molar-refractivity contribution in [2.24, 2.45) is 5.16 Å². The summed E-state index contributed by atoms with van der Waals surface area (Å²) in [5, 5.41) is 12.6. The first-order chi connectivity index (χ1) is 9.28. The molecule has 0 aliphatic carbocycles. The first-order valence-electron chi connectivity index (χ1n) is 5.68. The van der Waals surface area contributed by atoms with Crippen LogP contribution in [0.4, 0.5) is 0 Å². The normalized spacial score (nSPS) is 10.3. The van der Waals surface area contributed by atoms with Crippen molar-refractivity contribution in [2.75, 3.05) is 0 Å². The highest BCUT2D eigenvalue weighted by Gasteiger charge is 1.94. The molecule has 94 valence electrons. The standard InChI is InChI=1S/C15H11BrN2O/c16-15-7-5-13(6-8-15)10-18-19-11-14-3-1-12(9-17)2-4-14/h1-8,10H,11H2. The Hall–Kier alpha value is -2.12. The Bertz CT molecular complexity index is 598. The zero-order chi connectivity index (χ0) is 13.5. The average Bonchev–Trinajstić information content (AvgIpc) is 2.46. The lowest BCUT2D eigenvalue weighted by Gasteiger charge is -1.99. The maximum atomic E-state index is 8.68. The number of benzene rings is 2. The van der Waals surface area contributed by atoms with E-state index in [-0.39, 0.29) is 0 Å². The predicted octanol–water partition coefficient (Wildman–Crippen LogP) is 3.87. The lowest BCUT2D eigenvalue weighted by atomic mass is 10.2. The number of nitriles is 1. The maximum absolute atomic E-state index is 8.68. The predicted molar refractivity (Wildman–Crippen MR) is 77.7 cm³/mol. The fourth-order valence-corrected chi connectivity index (χ4v) is 1.70. The molecular weight excluding hydrogens is 304 g/mol. The van der Waals surface area contributed by atoms with Crippen LogP contribution < -0.4 is 0 Å². The van der Waals surface area contributed by atoms with E-state index in [0.29, 0.717) is 12.2 Å². The van der Waals surface area contributed by atoms with Crippen molar-refractivity contribution in [2.45, 2.75) is 6.61 Å². The largest absolute Gasteiger partial charge is 0.391 e. The zero-order valence-corrected chi connectivity index (χ0v) is 11.7. The molecule has 0 radical (unpaired) electrons. The van der Waals surface area contributed by atoms with Gasteiger partial charge in [-0.1, -0.05) is 45.4 Å². The second kappa shape index (κ2) is 6.72. The summed E-state index contributed by atoms with van der Waals surface area (Å²) in [6, 6.07) is 17.1. The van der Waals surface area contributed by atoms with E-state index >= 15 is 0 Å². The number of hydrogen-bond donors (Lipinski definition) is 0. The van der Waals surface area contributed by atoms with Gasteiger partial charge in [0.25, 0.3) is 0 Å². The maximum Gasteiger partial charge on any atom is 0.142 e. The topological polar surface area (TPSA) is 45.4 Å². The SMILES string of the molecule is N#Cc1ccc(CON=Cc2ccc(Br)cc2)cc1. The van der Waals surface area contributed by atoms with E-state index < -0.39 is 0 Å². The molecule has 0 heterocycles. The third-order valence-corrected chi connectivity index (χ3v) is 2.99. The molecule has 0 fully saturated rings. The van der Waals surface area contributed by atoms with E-state index in [9.17, 15) is 0 Å².